The number of aromatic nitrogens is 2. The molecule has 0 saturated heterocycles. The van der Waals surface area contributed by atoms with Gasteiger partial charge in [0.05, 0.1) is 11.9 Å². The lowest BCUT2D eigenvalue weighted by molar-refractivity contribution is 0.0766. The van der Waals surface area contributed by atoms with Crippen molar-refractivity contribution in [1.29, 1.82) is 0 Å². The van der Waals surface area contributed by atoms with Gasteiger partial charge in [-0.1, -0.05) is 0 Å². The van der Waals surface area contributed by atoms with E-state index in [9.17, 15) is 4.79 Å². The first-order chi connectivity index (χ1) is 6.69. The molecular formula is C10H15N3O. The van der Waals surface area contributed by atoms with Gasteiger partial charge in [-0.3, -0.25) is 9.78 Å². The van der Waals surface area contributed by atoms with E-state index in [0.717, 1.165) is 5.69 Å². The first-order valence-electron chi connectivity index (χ1n) is 4.77. The van der Waals surface area contributed by atoms with Crippen molar-refractivity contribution >= 4 is 5.91 Å². The SMILES string of the molecule is CCN(CC)C(=O)c1cnc(C)cn1. The van der Waals surface area contributed by atoms with Crippen LogP contribution in [0.4, 0.5) is 0 Å². The third kappa shape index (κ3) is 2.28. The normalized spacial score (nSPS) is 9.93. The summed E-state index contributed by atoms with van der Waals surface area (Å²) in [6.07, 6.45) is 3.13. The van der Waals surface area contributed by atoms with Crippen LogP contribution in [-0.2, 0) is 0 Å². The monoisotopic (exact) mass is 193 g/mol. The molecule has 1 heterocycles. The molecule has 1 amide bonds. The molecule has 0 aromatic carbocycles. The van der Waals surface area contributed by atoms with Crippen molar-refractivity contribution in [2.45, 2.75) is 20.8 Å². The molecule has 0 bridgehead atoms. The van der Waals surface area contributed by atoms with E-state index in [-0.39, 0.29) is 5.91 Å². The third-order valence-corrected chi connectivity index (χ3v) is 2.05. The highest BCUT2D eigenvalue weighted by Gasteiger charge is 2.13. The zero-order valence-electron chi connectivity index (χ0n) is 8.82. The third-order valence-electron chi connectivity index (χ3n) is 2.05. The number of carbonyl (C=O) groups is 1. The van der Waals surface area contributed by atoms with Crippen molar-refractivity contribution in [3.63, 3.8) is 0 Å². The van der Waals surface area contributed by atoms with Crippen molar-refractivity contribution < 1.29 is 4.79 Å². The maximum Gasteiger partial charge on any atom is 0.274 e. The molecule has 1 aromatic rings. The minimum absolute atomic E-state index is 0.0532. The van der Waals surface area contributed by atoms with Gasteiger partial charge in [-0.05, 0) is 20.8 Å². The Labute approximate surface area is 84.0 Å². The molecule has 76 valence electrons. The van der Waals surface area contributed by atoms with E-state index in [4.69, 9.17) is 0 Å². The Morgan fingerprint density at radius 2 is 1.93 bits per heavy atom. The summed E-state index contributed by atoms with van der Waals surface area (Å²) in [6, 6.07) is 0. The van der Waals surface area contributed by atoms with E-state index in [0.29, 0.717) is 18.8 Å². The molecule has 0 aliphatic rings. The number of nitrogens with zero attached hydrogens (tertiary/aromatic N) is 3. The van der Waals surface area contributed by atoms with Gasteiger partial charge in [0.25, 0.3) is 5.91 Å². The molecule has 1 aromatic heterocycles. The van der Waals surface area contributed by atoms with E-state index in [1.54, 1.807) is 11.1 Å². The van der Waals surface area contributed by atoms with Gasteiger partial charge in [0.1, 0.15) is 5.69 Å². The van der Waals surface area contributed by atoms with Crippen LogP contribution in [0.1, 0.15) is 30.0 Å². The van der Waals surface area contributed by atoms with Gasteiger partial charge in [0.15, 0.2) is 0 Å². The number of carbonyl (C=O) groups excluding carboxylic acids is 1. The smallest absolute Gasteiger partial charge is 0.274 e. The summed E-state index contributed by atoms with van der Waals surface area (Å²) >= 11 is 0. The van der Waals surface area contributed by atoms with E-state index in [1.165, 1.54) is 6.20 Å². The fraction of sp³-hybridized carbons (Fsp3) is 0.500. The van der Waals surface area contributed by atoms with Crippen LogP contribution in [0.2, 0.25) is 0 Å². The molecule has 0 unspecified atom stereocenters. The second kappa shape index (κ2) is 4.69. The lowest BCUT2D eigenvalue weighted by atomic mass is 10.3. The van der Waals surface area contributed by atoms with Crippen LogP contribution >= 0.6 is 0 Å². The van der Waals surface area contributed by atoms with Gasteiger partial charge in [-0.2, -0.15) is 0 Å². The van der Waals surface area contributed by atoms with Crippen LogP contribution in [0.15, 0.2) is 12.4 Å². The van der Waals surface area contributed by atoms with Crippen LogP contribution in [-0.4, -0.2) is 33.9 Å². The Morgan fingerprint density at radius 1 is 1.29 bits per heavy atom. The Hall–Kier alpha value is -1.45. The molecule has 0 N–H and O–H groups in total. The van der Waals surface area contributed by atoms with Gasteiger partial charge < -0.3 is 4.90 Å². The molecule has 0 aliphatic carbocycles. The predicted octanol–water partition coefficient (Wildman–Crippen LogP) is 1.27. The Kier molecular flexibility index (Phi) is 3.56. The molecular weight excluding hydrogens is 178 g/mol. The molecule has 0 saturated carbocycles. The average Bonchev–Trinajstić information content (AvgIpc) is 2.20. The van der Waals surface area contributed by atoms with E-state index < -0.39 is 0 Å². The number of hydrogen-bond donors (Lipinski definition) is 0. The maximum atomic E-state index is 11.7. The van der Waals surface area contributed by atoms with Gasteiger partial charge in [0, 0.05) is 19.3 Å². The summed E-state index contributed by atoms with van der Waals surface area (Å²) < 4.78 is 0. The summed E-state index contributed by atoms with van der Waals surface area (Å²) in [5.41, 5.74) is 1.24. The topological polar surface area (TPSA) is 46.1 Å². The average molecular weight is 193 g/mol. The van der Waals surface area contributed by atoms with E-state index >= 15 is 0 Å². The Morgan fingerprint density at radius 3 is 2.36 bits per heavy atom. The number of rotatable bonds is 3. The highest BCUT2D eigenvalue weighted by atomic mass is 16.2. The van der Waals surface area contributed by atoms with E-state index in [2.05, 4.69) is 9.97 Å². The fourth-order valence-corrected chi connectivity index (χ4v) is 1.18. The Balaban J connectivity index is 2.83. The highest BCUT2D eigenvalue weighted by Crippen LogP contribution is 2.00. The van der Waals surface area contributed by atoms with Crippen LogP contribution in [0.5, 0.6) is 0 Å². The maximum absolute atomic E-state index is 11.7. The van der Waals surface area contributed by atoms with Gasteiger partial charge in [-0.25, -0.2) is 4.98 Å². The minimum atomic E-state index is -0.0532. The molecule has 0 atom stereocenters. The van der Waals surface area contributed by atoms with Gasteiger partial charge >= 0.3 is 0 Å². The van der Waals surface area contributed by atoms with Crippen LogP contribution < -0.4 is 0 Å². The van der Waals surface area contributed by atoms with Crippen molar-refractivity contribution in [3.8, 4) is 0 Å². The predicted molar refractivity (Wildman–Crippen MR) is 54.0 cm³/mol. The van der Waals surface area contributed by atoms with Gasteiger partial charge in [0.2, 0.25) is 0 Å². The van der Waals surface area contributed by atoms with Crippen molar-refractivity contribution in [2.75, 3.05) is 13.1 Å². The largest absolute Gasteiger partial charge is 0.338 e. The first-order valence-corrected chi connectivity index (χ1v) is 4.77. The lowest BCUT2D eigenvalue weighted by Crippen LogP contribution is -2.31. The zero-order chi connectivity index (χ0) is 10.6. The first kappa shape index (κ1) is 10.6. The van der Waals surface area contributed by atoms with Crippen molar-refractivity contribution in [1.82, 2.24) is 14.9 Å². The molecule has 0 radical (unpaired) electrons. The fourth-order valence-electron chi connectivity index (χ4n) is 1.18. The second-order valence-electron chi connectivity index (χ2n) is 3.02. The van der Waals surface area contributed by atoms with Crippen LogP contribution in [0.25, 0.3) is 0 Å². The minimum Gasteiger partial charge on any atom is -0.338 e. The van der Waals surface area contributed by atoms with Crippen molar-refractivity contribution in [3.05, 3.63) is 23.8 Å². The molecule has 0 fully saturated rings. The quantitative estimate of drug-likeness (QED) is 0.726. The summed E-state index contributed by atoms with van der Waals surface area (Å²) in [6.45, 7) is 7.14. The van der Waals surface area contributed by atoms with Crippen LogP contribution in [0.3, 0.4) is 0 Å². The lowest BCUT2D eigenvalue weighted by Gasteiger charge is -2.17. The summed E-state index contributed by atoms with van der Waals surface area (Å²) in [4.78, 5) is 21.5. The van der Waals surface area contributed by atoms with E-state index in [1.807, 2.05) is 20.8 Å². The number of aryl methyl sites for hydroxylation is 1. The van der Waals surface area contributed by atoms with Crippen molar-refractivity contribution in [2.24, 2.45) is 0 Å². The molecule has 1 rings (SSSR count). The summed E-state index contributed by atoms with van der Waals surface area (Å²) in [5, 5.41) is 0. The van der Waals surface area contributed by atoms with Gasteiger partial charge in [-0.15, -0.1) is 0 Å². The molecule has 4 heteroatoms. The zero-order valence-corrected chi connectivity index (χ0v) is 8.82. The summed E-state index contributed by atoms with van der Waals surface area (Å²) in [5.74, 6) is -0.0532. The summed E-state index contributed by atoms with van der Waals surface area (Å²) in [7, 11) is 0. The number of amides is 1. The molecule has 0 spiro atoms. The molecule has 0 aliphatic heterocycles. The number of hydrogen-bond acceptors (Lipinski definition) is 3. The standard InChI is InChI=1S/C10H15N3O/c1-4-13(5-2)10(14)9-7-11-8(3)6-12-9/h6-7H,4-5H2,1-3H3. The van der Waals surface area contributed by atoms with Crippen LogP contribution in [0, 0.1) is 6.92 Å². The molecule has 14 heavy (non-hydrogen) atoms. The molecule has 4 nitrogen and oxygen atoms in total. The second-order valence-corrected chi connectivity index (χ2v) is 3.02. The Bertz CT molecular complexity index is 304. The highest BCUT2D eigenvalue weighted by molar-refractivity contribution is 5.91.